The van der Waals surface area contributed by atoms with Crippen molar-refractivity contribution in [1.29, 1.82) is 5.26 Å². The van der Waals surface area contributed by atoms with Crippen molar-refractivity contribution in [3.05, 3.63) is 23.8 Å². The Hall–Kier alpha value is -1.73. The molecule has 102 valence electrons. The number of hydrogen-bond donors (Lipinski definition) is 1. The van der Waals surface area contributed by atoms with Crippen LogP contribution in [0.15, 0.2) is 18.2 Å². The molecule has 0 saturated carbocycles. The first-order valence-electron chi connectivity index (χ1n) is 6.47. The first-order valence-corrected chi connectivity index (χ1v) is 6.47. The molecule has 1 heterocycles. The highest BCUT2D eigenvalue weighted by atomic mass is 16.5. The zero-order valence-corrected chi connectivity index (χ0v) is 12.0. The number of nitriles is 1. The molecule has 1 aromatic rings. The van der Waals surface area contributed by atoms with Gasteiger partial charge in [-0.25, -0.2) is 0 Å². The summed E-state index contributed by atoms with van der Waals surface area (Å²) in [5, 5.41) is 8.92. The van der Waals surface area contributed by atoms with Crippen LogP contribution in [0.25, 0.3) is 0 Å². The lowest BCUT2D eigenvalue weighted by molar-refractivity contribution is -0.133. The highest BCUT2D eigenvalue weighted by Crippen LogP contribution is 2.32. The summed E-state index contributed by atoms with van der Waals surface area (Å²) in [5.74, 6) is 0. The number of anilines is 2. The van der Waals surface area contributed by atoms with Crippen molar-refractivity contribution < 1.29 is 4.74 Å². The zero-order chi connectivity index (χ0) is 14.3. The minimum atomic E-state index is -0.204. The number of nitrogens with two attached hydrogens (primary N) is 1. The molecule has 1 saturated heterocycles. The maximum absolute atomic E-state index is 8.92. The molecule has 1 aromatic carbocycles. The Morgan fingerprint density at radius 1 is 1.21 bits per heavy atom. The molecule has 1 fully saturated rings. The molecule has 0 amide bonds. The molecule has 0 bridgehead atoms. The summed E-state index contributed by atoms with van der Waals surface area (Å²) in [5.41, 5.74) is 7.58. The number of rotatable bonds is 1. The van der Waals surface area contributed by atoms with E-state index in [2.05, 4.69) is 38.7 Å². The number of ether oxygens (including phenoxy) is 1. The third kappa shape index (κ3) is 2.99. The summed E-state index contributed by atoms with van der Waals surface area (Å²) in [7, 11) is 0. The predicted octanol–water partition coefficient (Wildman–Crippen LogP) is 2.53. The lowest BCUT2D eigenvalue weighted by atomic mass is 9.98. The number of hydrogen-bond acceptors (Lipinski definition) is 4. The van der Waals surface area contributed by atoms with Gasteiger partial charge in [-0.05, 0) is 45.9 Å². The van der Waals surface area contributed by atoms with Gasteiger partial charge in [0.15, 0.2) is 0 Å². The second-order valence-electron chi connectivity index (χ2n) is 6.36. The van der Waals surface area contributed by atoms with Crippen molar-refractivity contribution in [2.75, 3.05) is 23.7 Å². The topological polar surface area (TPSA) is 62.3 Å². The Kier molecular flexibility index (Phi) is 3.19. The summed E-state index contributed by atoms with van der Waals surface area (Å²) < 4.78 is 6.06. The van der Waals surface area contributed by atoms with E-state index in [1.165, 1.54) is 0 Å². The molecular formula is C15H21N3O. The van der Waals surface area contributed by atoms with E-state index in [1.54, 1.807) is 6.07 Å². The molecule has 0 aromatic heterocycles. The second-order valence-corrected chi connectivity index (χ2v) is 6.36. The van der Waals surface area contributed by atoms with E-state index < -0.39 is 0 Å². The van der Waals surface area contributed by atoms with Crippen molar-refractivity contribution >= 4 is 11.4 Å². The molecule has 1 aliphatic heterocycles. The third-order valence-corrected chi connectivity index (χ3v) is 3.22. The summed E-state index contributed by atoms with van der Waals surface area (Å²) in [6.45, 7) is 9.98. The largest absolute Gasteiger partial charge is 0.398 e. The Morgan fingerprint density at radius 2 is 1.79 bits per heavy atom. The van der Waals surface area contributed by atoms with Gasteiger partial charge in [-0.1, -0.05) is 0 Å². The van der Waals surface area contributed by atoms with Gasteiger partial charge in [0.05, 0.1) is 22.5 Å². The van der Waals surface area contributed by atoms with Gasteiger partial charge >= 0.3 is 0 Å². The Balaban J connectivity index is 2.31. The van der Waals surface area contributed by atoms with Gasteiger partial charge in [0.25, 0.3) is 0 Å². The lowest BCUT2D eigenvalue weighted by Gasteiger charge is -2.48. The van der Waals surface area contributed by atoms with Crippen LogP contribution < -0.4 is 10.6 Å². The predicted molar refractivity (Wildman–Crippen MR) is 77.0 cm³/mol. The van der Waals surface area contributed by atoms with Gasteiger partial charge in [-0.15, -0.1) is 0 Å². The smallest absolute Gasteiger partial charge is 0.101 e. The highest BCUT2D eigenvalue weighted by Gasteiger charge is 2.38. The molecular weight excluding hydrogens is 238 g/mol. The molecule has 0 atom stereocenters. The molecule has 2 rings (SSSR count). The number of nitrogens with zero attached hydrogens (tertiary/aromatic N) is 2. The van der Waals surface area contributed by atoms with Crippen molar-refractivity contribution in [2.45, 2.75) is 38.9 Å². The van der Waals surface area contributed by atoms with E-state index in [0.29, 0.717) is 11.3 Å². The second kappa shape index (κ2) is 4.43. The fourth-order valence-corrected chi connectivity index (χ4v) is 2.82. The van der Waals surface area contributed by atoms with Crippen LogP contribution in [0.5, 0.6) is 0 Å². The van der Waals surface area contributed by atoms with E-state index in [1.807, 2.05) is 12.1 Å². The van der Waals surface area contributed by atoms with Crippen molar-refractivity contribution in [3.63, 3.8) is 0 Å². The maximum atomic E-state index is 8.92. The summed E-state index contributed by atoms with van der Waals surface area (Å²) >= 11 is 0. The van der Waals surface area contributed by atoms with Crippen molar-refractivity contribution in [1.82, 2.24) is 0 Å². The highest BCUT2D eigenvalue weighted by molar-refractivity contribution is 5.64. The quantitative estimate of drug-likeness (QED) is 0.787. The minimum absolute atomic E-state index is 0.204. The van der Waals surface area contributed by atoms with Crippen LogP contribution >= 0.6 is 0 Å². The molecule has 4 nitrogen and oxygen atoms in total. The minimum Gasteiger partial charge on any atom is -0.398 e. The first-order chi connectivity index (χ1) is 8.72. The van der Waals surface area contributed by atoms with Gasteiger partial charge in [0.2, 0.25) is 0 Å². The maximum Gasteiger partial charge on any atom is 0.101 e. The number of benzene rings is 1. The average Bonchev–Trinajstić information content (AvgIpc) is 2.24. The van der Waals surface area contributed by atoms with E-state index in [0.717, 1.165) is 18.8 Å². The van der Waals surface area contributed by atoms with E-state index >= 15 is 0 Å². The lowest BCUT2D eigenvalue weighted by Crippen LogP contribution is -2.57. The molecule has 1 aliphatic rings. The number of nitrogen functional groups attached to an aromatic ring is 1. The van der Waals surface area contributed by atoms with Crippen LogP contribution in [0, 0.1) is 11.3 Å². The monoisotopic (exact) mass is 259 g/mol. The van der Waals surface area contributed by atoms with Gasteiger partial charge in [-0.2, -0.15) is 5.26 Å². The summed E-state index contributed by atoms with van der Waals surface area (Å²) in [6.07, 6.45) is 0. The molecule has 19 heavy (non-hydrogen) atoms. The number of morpholine rings is 1. The first kappa shape index (κ1) is 13.7. The molecule has 0 unspecified atom stereocenters. The average molecular weight is 259 g/mol. The molecule has 0 aliphatic carbocycles. The molecule has 0 spiro atoms. The van der Waals surface area contributed by atoms with Crippen LogP contribution in [-0.2, 0) is 4.74 Å². The summed E-state index contributed by atoms with van der Waals surface area (Å²) in [4.78, 5) is 2.26. The third-order valence-electron chi connectivity index (χ3n) is 3.22. The summed E-state index contributed by atoms with van der Waals surface area (Å²) in [6, 6.07) is 7.69. The van der Waals surface area contributed by atoms with Crippen LogP contribution in [0.1, 0.15) is 33.3 Å². The van der Waals surface area contributed by atoms with Gasteiger partial charge < -0.3 is 15.4 Å². The van der Waals surface area contributed by atoms with Crippen molar-refractivity contribution in [2.24, 2.45) is 0 Å². The van der Waals surface area contributed by atoms with Crippen LogP contribution in [0.3, 0.4) is 0 Å². The van der Waals surface area contributed by atoms with Gasteiger partial charge in [-0.3, -0.25) is 0 Å². The standard InChI is InChI=1S/C15H21N3O/c1-14(2)9-18(10-15(3,4)19-14)12-6-5-11(8-16)13(17)7-12/h5-7H,9-10,17H2,1-4H3. The fraction of sp³-hybridized carbons (Fsp3) is 0.533. The van der Waals surface area contributed by atoms with Crippen LogP contribution in [0.2, 0.25) is 0 Å². The zero-order valence-electron chi connectivity index (χ0n) is 12.0. The van der Waals surface area contributed by atoms with E-state index in [9.17, 15) is 0 Å². The SMILES string of the molecule is CC1(C)CN(c2ccc(C#N)c(N)c2)CC(C)(C)O1. The van der Waals surface area contributed by atoms with Crippen LogP contribution in [-0.4, -0.2) is 24.3 Å². The van der Waals surface area contributed by atoms with Crippen molar-refractivity contribution in [3.8, 4) is 6.07 Å². The van der Waals surface area contributed by atoms with E-state index in [-0.39, 0.29) is 11.2 Å². The van der Waals surface area contributed by atoms with Gasteiger partial charge in [0.1, 0.15) is 6.07 Å². The van der Waals surface area contributed by atoms with Gasteiger partial charge in [0, 0.05) is 18.8 Å². The Bertz CT molecular complexity index is 513. The van der Waals surface area contributed by atoms with E-state index in [4.69, 9.17) is 15.7 Å². The Morgan fingerprint density at radius 3 is 2.26 bits per heavy atom. The fourth-order valence-electron chi connectivity index (χ4n) is 2.82. The molecule has 4 heteroatoms. The molecule has 2 N–H and O–H groups in total. The van der Waals surface area contributed by atoms with Crippen LogP contribution in [0.4, 0.5) is 11.4 Å². The normalized spacial score (nSPS) is 20.9. The Labute approximate surface area is 114 Å². The molecule has 0 radical (unpaired) electrons.